The SMILES string of the molecule is CCNCCC(=O)Nc1ccc(C(C)(C)C(=O)O)cc1. The van der Waals surface area contributed by atoms with Crippen LogP contribution >= 0.6 is 0 Å². The van der Waals surface area contributed by atoms with Gasteiger partial charge in [-0.25, -0.2) is 0 Å². The molecule has 1 rings (SSSR count). The van der Waals surface area contributed by atoms with Gasteiger partial charge in [0.25, 0.3) is 0 Å². The van der Waals surface area contributed by atoms with Crippen LogP contribution in [0.2, 0.25) is 0 Å². The largest absolute Gasteiger partial charge is 0.481 e. The van der Waals surface area contributed by atoms with Crippen molar-refractivity contribution in [1.29, 1.82) is 0 Å². The fourth-order valence-electron chi connectivity index (χ4n) is 1.70. The van der Waals surface area contributed by atoms with Crippen LogP contribution in [0, 0.1) is 0 Å². The summed E-state index contributed by atoms with van der Waals surface area (Å²) in [7, 11) is 0. The summed E-state index contributed by atoms with van der Waals surface area (Å²) in [4.78, 5) is 22.8. The summed E-state index contributed by atoms with van der Waals surface area (Å²) < 4.78 is 0. The van der Waals surface area contributed by atoms with Crippen molar-refractivity contribution in [2.24, 2.45) is 0 Å². The van der Waals surface area contributed by atoms with Gasteiger partial charge in [-0.3, -0.25) is 9.59 Å². The third-order valence-corrected chi connectivity index (χ3v) is 3.20. The molecular weight excluding hydrogens is 256 g/mol. The maximum absolute atomic E-state index is 11.6. The number of aliphatic carboxylic acids is 1. The van der Waals surface area contributed by atoms with Gasteiger partial charge in [-0.1, -0.05) is 19.1 Å². The van der Waals surface area contributed by atoms with E-state index in [0.717, 1.165) is 6.54 Å². The van der Waals surface area contributed by atoms with Gasteiger partial charge in [0.15, 0.2) is 0 Å². The first-order valence-electron chi connectivity index (χ1n) is 6.72. The van der Waals surface area contributed by atoms with E-state index in [9.17, 15) is 9.59 Å². The second-order valence-electron chi connectivity index (χ2n) is 5.16. The third-order valence-electron chi connectivity index (χ3n) is 3.20. The van der Waals surface area contributed by atoms with Gasteiger partial charge in [0, 0.05) is 18.7 Å². The smallest absolute Gasteiger partial charge is 0.313 e. The van der Waals surface area contributed by atoms with Crippen LogP contribution in [0.25, 0.3) is 0 Å². The lowest BCUT2D eigenvalue weighted by molar-refractivity contribution is -0.142. The van der Waals surface area contributed by atoms with Crippen molar-refractivity contribution in [3.8, 4) is 0 Å². The number of carboxylic acids is 1. The van der Waals surface area contributed by atoms with Crippen molar-refractivity contribution in [3.05, 3.63) is 29.8 Å². The molecule has 0 spiro atoms. The van der Waals surface area contributed by atoms with Gasteiger partial charge in [0.1, 0.15) is 0 Å². The average molecular weight is 278 g/mol. The van der Waals surface area contributed by atoms with Crippen LogP contribution in [-0.2, 0) is 15.0 Å². The van der Waals surface area contributed by atoms with Crippen molar-refractivity contribution in [3.63, 3.8) is 0 Å². The lowest BCUT2D eigenvalue weighted by atomic mass is 9.85. The number of amides is 1. The van der Waals surface area contributed by atoms with Crippen molar-refractivity contribution in [1.82, 2.24) is 5.32 Å². The molecule has 0 fully saturated rings. The van der Waals surface area contributed by atoms with Gasteiger partial charge in [-0.05, 0) is 38.1 Å². The summed E-state index contributed by atoms with van der Waals surface area (Å²) >= 11 is 0. The molecule has 3 N–H and O–H groups in total. The molecule has 110 valence electrons. The number of rotatable bonds is 7. The summed E-state index contributed by atoms with van der Waals surface area (Å²) in [6.07, 6.45) is 0.413. The van der Waals surface area contributed by atoms with E-state index in [1.54, 1.807) is 38.1 Å². The number of carboxylic acid groups (broad SMARTS) is 1. The van der Waals surface area contributed by atoms with Gasteiger partial charge in [0.2, 0.25) is 5.91 Å². The highest BCUT2D eigenvalue weighted by Gasteiger charge is 2.29. The van der Waals surface area contributed by atoms with Gasteiger partial charge in [-0.15, -0.1) is 0 Å². The second kappa shape index (κ2) is 7.05. The highest BCUT2D eigenvalue weighted by atomic mass is 16.4. The minimum atomic E-state index is -0.937. The van der Waals surface area contributed by atoms with E-state index in [1.807, 2.05) is 6.92 Å². The Balaban J connectivity index is 2.63. The van der Waals surface area contributed by atoms with Crippen molar-refractivity contribution in [2.75, 3.05) is 18.4 Å². The zero-order valence-electron chi connectivity index (χ0n) is 12.2. The monoisotopic (exact) mass is 278 g/mol. The Morgan fingerprint density at radius 3 is 2.30 bits per heavy atom. The summed E-state index contributed by atoms with van der Waals surface area (Å²) in [5.41, 5.74) is 0.445. The Morgan fingerprint density at radius 1 is 1.20 bits per heavy atom. The zero-order chi connectivity index (χ0) is 15.2. The first-order chi connectivity index (χ1) is 9.37. The highest BCUT2D eigenvalue weighted by Crippen LogP contribution is 2.24. The van der Waals surface area contributed by atoms with E-state index in [4.69, 9.17) is 5.11 Å². The molecule has 0 aliphatic heterocycles. The third kappa shape index (κ3) is 4.35. The first kappa shape index (κ1) is 16.2. The first-order valence-corrected chi connectivity index (χ1v) is 6.72. The quantitative estimate of drug-likeness (QED) is 0.666. The Hall–Kier alpha value is -1.88. The fraction of sp³-hybridized carbons (Fsp3) is 0.467. The number of hydrogen-bond acceptors (Lipinski definition) is 3. The lowest BCUT2D eigenvalue weighted by Gasteiger charge is -2.19. The van der Waals surface area contributed by atoms with E-state index >= 15 is 0 Å². The Kier molecular flexibility index (Phi) is 5.70. The molecule has 0 unspecified atom stereocenters. The predicted octanol–water partition coefficient (Wildman–Crippen LogP) is 1.99. The summed E-state index contributed by atoms with van der Waals surface area (Å²) in [6, 6.07) is 6.92. The molecule has 5 nitrogen and oxygen atoms in total. The summed E-state index contributed by atoms with van der Waals surface area (Å²) in [6.45, 7) is 6.78. The van der Waals surface area contributed by atoms with E-state index in [0.29, 0.717) is 24.2 Å². The van der Waals surface area contributed by atoms with Crippen LogP contribution in [0.3, 0.4) is 0 Å². The number of carbonyl (C=O) groups is 2. The molecular formula is C15H22N2O3. The molecule has 1 amide bonds. The standard InChI is InChI=1S/C15H22N2O3/c1-4-16-10-9-13(18)17-12-7-5-11(6-8-12)15(2,3)14(19)20/h5-8,16H,4,9-10H2,1-3H3,(H,17,18)(H,19,20). The number of nitrogens with one attached hydrogen (secondary N) is 2. The van der Waals surface area contributed by atoms with Crippen LogP contribution < -0.4 is 10.6 Å². The molecule has 1 aromatic rings. The molecule has 5 heteroatoms. The number of anilines is 1. The second-order valence-corrected chi connectivity index (χ2v) is 5.16. The van der Waals surface area contributed by atoms with E-state index in [2.05, 4.69) is 10.6 Å². The lowest BCUT2D eigenvalue weighted by Crippen LogP contribution is -2.28. The van der Waals surface area contributed by atoms with Crippen LogP contribution in [0.1, 0.15) is 32.8 Å². The van der Waals surface area contributed by atoms with Gasteiger partial charge in [0.05, 0.1) is 5.41 Å². The van der Waals surface area contributed by atoms with Crippen LogP contribution in [0.4, 0.5) is 5.69 Å². The van der Waals surface area contributed by atoms with Crippen LogP contribution in [0.15, 0.2) is 24.3 Å². The molecule has 0 saturated carbocycles. The topological polar surface area (TPSA) is 78.4 Å². The molecule has 0 atom stereocenters. The van der Waals surface area contributed by atoms with E-state index < -0.39 is 11.4 Å². The Labute approximate surface area is 119 Å². The fourth-order valence-corrected chi connectivity index (χ4v) is 1.70. The molecule has 0 aliphatic carbocycles. The van der Waals surface area contributed by atoms with Gasteiger partial charge < -0.3 is 15.7 Å². The van der Waals surface area contributed by atoms with Crippen LogP contribution in [-0.4, -0.2) is 30.1 Å². The number of benzene rings is 1. The molecule has 0 aromatic heterocycles. The van der Waals surface area contributed by atoms with Crippen molar-refractivity contribution < 1.29 is 14.7 Å². The maximum atomic E-state index is 11.6. The molecule has 0 bridgehead atoms. The van der Waals surface area contributed by atoms with Crippen molar-refractivity contribution in [2.45, 2.75) is 32.6 Å². The molecule has 1 aromatic carbocycles. The normalized spacial score (nSPS) is 11.2. The molecule has 0 saturated heterocycles. The zero-order valence-corrected chi connectivity index (χ0v) is 12.2. The molecule has 0 radical (unpaired) electrons. The minimum Gasteiger partial charge on any atom is -0.481 e. The van der Waals surface area contributed by atoms with Crippen LogP contribution in [0.5, 0.6) is 0 Å². The van der Waals surface area contributed by atoms with Crippen molar-refractivity contribution >= 4 is 17.6 Å². The predicted molar refractivity (Wildman–Crippen MR) is 78.9 cm³/mol. The molecule has 0 heterocycles. The van der Waals surface area contributed by atoms with E-state index in [1.165, 1.54) is 0 Å². The van der Waals surface area contributed by atoms with E-state index in [-0.39, 0.29) is 5.91 Å². The summed E-state index contributed by atoms with van der Waals surface area (Å²) in [5, 5.41) is 15.0. The summed E-state index contributed by atoms with van der Waals surface area (Å²) in [5.74, 6) is -0.934. The number of hydrogen-bond donors (Lipinski definition) is 3. The number of carbonyl (C=O) groups excluding carboxylic acids is 1. The minimum absolute atomic E-state index is 0.0591. The molecule has 20 heavy (non-hydrogen) atoms. The maximum Gasteiger partial charge on any atom is 0.313 e. The highest BCUT2D eigenvalue weighted by molar-refractivity contribution is 5.91. The average Bonchev–Trinajstić information content (AvgIpc) is 2.39. The molecule has 0 aliphatic rings. The van der Waals surface area contributed by atoms with Gasteiger partial charge in [-0.2, -0.15) is 0 Å². The Bertz CT molecular complexity index is 467. The Morgan fingerprint density at radius 2 is 1.80 bits per heavy atom. The van der Waals surface area contributed by atoms with Gasteiger partial charge >= 0.3 is 5.97 Å².